The maximum absolute atomic E-state index is 4.13. The van der Waals surface area contributed by atoms with Gasteiger partial charge in [-0.2, -0.15) is 0 Å². The van der Waals surface area contributed by atoms with Crippen molar-refractivity contribution in [1.82, 2.24) is 0 Å². The van der Waals surface area contributed by atoms with Crippen molar-refractivity contribution in [2.24, 2.45) is 4.99 Å². The summed E-state index contributed by atoms with van der Waals surface area (Å²) in [5, 5.41) is 0. The fraction of sp³-hybridized carbons (Fsp3) is 0. The number of hydrogen-bond donors (Lipinski definition) is 0. The quantitative estimate of drug-likeness (QED) is 0.372. The van der Waals surface area contributed by atoms with E-state index in [2.05, 4.69) is 18.2 Å². The Labute approximate surface area is 106 Å². The van der Waals surface area contributed by atoms with E-state index in [0.717, 1.165) is 11.1 Å². The molecule has 0 aliphatic carbocycles. The molecule has 0 unspecified atom stereocenters. The van der Waals surface area contributed by atoms with Gasteiger partial charge < -0.3 is 0 Å². The average molecular weight is 216 g/mol. The van der Waals surface area contributed by atoms with Gasteiger partial charge in [-0.15, -0.1) is 0 Å². The SMILES string of the molecule is C=C/C=C\C([B][B][B]c1ccccc1)=NC=C. The second-order valence-corrected chi connectivity index (χ2v) is 3.27. The zero-order chi connectivity index (χ0) is 12.3. The van der Waals surface area contributed by atoms with Gasteiger partial charge in [0.2, 0.25) is 0 Å². The molecule has 0 fully saturated rings. The lowest BCUT2D eigenvalue weighted by molar-refractivity contribution is 1.61. The molecule has 3 radical (unpaired) electrons. The maximum atomic E-state index is 4.13. The summed E-state index contributed by atoms with van der Waals surface area (Å²) in [4.78, 5) is 4.13. The normalized spacial score (nSPS) is 10.9. The summed E-state index contributed by atoms with van der Waals surface area (Å²) >= 11 is 0. The summed E-state index contributed by atoms with van der Waals surface area (Å²) in [6, 6.07) is 10.1. The van der Waals surface area contributed by atoms with Crippen LogP contribution in [-0.2, 0) is 0 Å². The molecule has 0 heterocycles. The van der Waals surface area contributed by atoms with Crippen molar-refractivity contribution in [1.29, 1.82) is 0 Å². The van der Waals surface area contributed by atoms with Crippen molar-refractivity contribution in [2.75, 3.05) is 0 Å². The zero-order valence-corrected chi connectivity index (χ0v) is 9.79. The average Bonchev–Trinajstić information content (AvgIpc) is 2.37. The third kappa shape index (κ3) is 5.81. The summed E-state index contributed by atoms with van der Waals surface area (Å²) in [5.41, 5.74) is 2.00. The second kappa shape index (κ2) is 8.46. The van der Waals surface area contributed by atoms with Crippen LogP contribution in [-0.4, -0.2) is 27.0 Å². The standard InChI is InChI=1S/C13H13B3N/c1-3-5-11-13(17-4-2)15-16-14-12-9-7-6-8-10-12/h3-11H,1-2H2/b11-5-,17-13?. The summed E-state index contributed by atoms with van der Waals surface area (Å²) in [7, 11) is 5.92. The van der Waals surface area contributed by atoms with Crippen molar-refractivity contribution < 1.29 is 0 Å². The predicted molar refractivity (Wildman–Crippen MR) is 80.3 cm³/mol. The molecule has 1 aromatic rings. The molecule has 1 rings (SSSR count). The molecule has 4 heteroatoms. The molecule has 79 valence electrons. The van der Waals surface area contributed by atoms with Crippen LogP contribution in [0.5, 0.6) is 0 Å². The Kier molecular flexibility index (Phi) is 6.65. The molecule has 0 amide bonds. The van der Waals surface area contributed by atoms with Crippen LogP contribution >= 0.6 is 0 Å². The molecular weight excluding hydrogens is 203 g/mol. The van der Waals surface area contributed by atoms with Crippen molar-refractivity contribution in [3.05, 3.63) is 67.9 Å². The van der Waals surface area contributed by atoms with Crippen molar-refractivity contribution in [3.63, 3.8) is 0 Å². The van der Waals surface area contributed by atoms with E-state index in [1.807, 2.05) is 63.9 Å². The van der Waals surface area contributed by atoms with Gasteiger partial charge in [-0.25, -0.2) is 0 Å². The fourth-order valence-corrected chi connectivity index (χ4v) is 1.24. The predicted octanol–water partition coefficient (Wildman–Crippen LogP) is 1.54. The number of rotatable bonds is 7. The molecule has 0 aromatic heterocycles. The molecule has 17 heavy (non-hydrogen) atoms. The third-order valence-electron chi connectivity index (χ3n) is 2.00. The number of aliphatic imine (C=N–C) groups is 1. The summed E-state index contributed by atoms with van der Waals surface area (Å²) in [6.07, 6.45) is 6.96. The van der Waals surface area contributed by atoms with E-state index < -0.39 is 0 Å². The second-order valence-electron chi connectivity index (χ2n) is 3.27. The molecule has 0 saturated carbocycles. The first-order valence-corrected chi connectivity index (χ1v) is 5.41. The van der Waals surface area contributed by atoms with E-state index in [9.17, 15) is 0 Å². The molecule has 0 atom stereocenters. The van der Waals surface area contributed by atoms with Crippen molar-refractivity contribution in [3.8, 4) is 0 Å². The lowest BCUT2D eigenvalue weighted by Gasteiger charge is -1.98. The molecule has 1 aromatic carbocycles. The van der Waals surface area contributed by atoms with Gasteiger partial charge in [0.25, 0.3) is 0 Å². The minimum absolute atomic E-state index is 0.840. The van der Waals surface area contributed by atoms with Crippen molar-refractivity contribution >= 4 is 32.5 Å². The van der Waals surface area contributed by atoms with Crippen LogP contribution in [0.2, 0.25) is 0 Å². The lowest BCUT2D eigenvalue weighted by Crippen LogP contribution is -2.28. The summed E-state index contributed by atoms with van der Waals surface area (Å²) < 4.78 is 0. The summed E-state index contributed by atoms with van der Waals surface area (Å²) in [5.74, 6) is 0. The van der Waals surface area contributed by atoms with E-state index in [0.29, 0.717) is 0 Å². The van der Waals surface area contributed by atoms with E-state index in [-0.39, 0.29) is 0 Å². The van der Waals surface area contributed by atoms with Crippen LogP contribution in [0.3, 0.4) is 0 Å². The van der Waals surface area contributed by atoms with E-state index in [1.165, 1.54) is 6.20 Å². The molecule has 0 N–H and O–H groups in total. The van der Waals surface area contributed by atoms with E-state index in [1.54, 1.807) is 6.08 Å². The van der Waals surface area contributed by atoms with Crippen molar-refractivity contribution in [2.45, 2.75) is 0 Å². The molecule has 0 spiro atoms. The van der Waals surface area contributed by atoms with Gasteiger partial charge in [0.05, 0.1) is 7.17 Å². The number of hydrogen-bond acceptors (Lipinski definition) is 1. The van der Waals surface area contributed by atoms with Gasteiger partial charge in [0.1, 0.15) is 7.17 Å². The first-order valence-electron chi connectivity index (χ1n) is 5.41. The van der Waals surface area contributed by atoms with Crippen LogP contribution in [0.4, 0.5) is 0 Å². The Morgan fingerprint density at radius 2 is 1.94 bits per heavy atom. The fourth-order valence-electron chi connectivity index (χ4n) is 1.24. The number of benzene rings is 1. The van der Waals surface area contributed by atoms with Crippen LogP contribution in [0.1, 0.15) is 0 Å². The topological polar surface area (TPSA) is 12.4 Å². The highest BCUT2D eigenvalue weighted by Crippen LogP contribution is 1.84. The Hall–Kier alpha value is -1.70. The van der Waals surface area contributed by atoms with E-state index in [4.69, 9.17) is 0 Å². The first kappa shape index (κ1) is 13.4. The molecule has 0 bridgehead atoms. The van der Waals surface area contributed by atoms with Gasteiger partial charge in [0, 0.05) is 13.3 Å². The summed E-state index contributed by atoms with van der Waals surface area (Å²) in [6.45, 7) is 7.20. The molecule has 0 aliphatic heterocycles. The van der Waals surface area contributed by atoms with E-state index >= 15 is 0 Å². The number of allylic oxidation sites excluding steroid dienone is 3. The van der Waals surface area contributed by atoms with Crippen LogP contribution in [0.15, 0.2) is 72.9 Å². The largest absolute Gasteiger partial charge is 0.274 e. The van der Waals surface area contributed by atoms with Gasteiger partial charge in [-0.1, -0.05) is 67.2 Å². The highest BCUT2D eigenvalue weighted by Gasteiger charge is 2.00. The molecule has 0 aliphatic rings. The minimum Gasteiger partial charge on any atom is -0.274 e. The van der Waals surface area contributed by atoms with Gasteiger partial charge in [0.15, 0.2) is 0 Å². The highest BCUT2D eigenvalue weighted by molar-refractivity contribution is 7.40. The molecular formula is C13H13B3N. The van der Waals surface area contributed by atoms with Gasteiger partial charge >= 0.3 is 0 Å². The molecule has 1 nitrogen and oxygen atoms in total. The Balaban J connectivity index is 2.42. The maximum Gasteiger partial charge on any atom is 0.123 e. The first-order chi connectivity index (χ1) is 8.36. The monoisotopic (exact) mass is 216 g/mol. The zero-order valence-electron chi connectivity index (χ0n) is 9.79. The lowest BCUT2D eigenvalue weighted by atomic mass is 9.17. The highest BCUT2D eigenvalue weighted by atomic mass is 14.7. The smallest absolute Gasteiger partial charge is 0.123 e. The van der Waals surface area contributed by atoms with Crippen LogP contribution in [0.25, 0.3) is 0 Å². The Morgan fingerprint density at radius 1 is 1.18 bits per heavy atom. The third-order valence-corrected chi connectivity index (χ3v) is 2.00. The Morgan fingerprint density at radius 3 is 2.59 bits per heavy atom. The van der Waals surface area contributed by atoms with Gasteiger partial charge in [-0.05, 0) is 5.61 Å². The van der Waals surface area contributed by atoms with Crippen LogP contribution < -0.4 is 5.46 Å². The number of nitrogens with zero attached hydrogens (tertiary/aromatic N) is 1. The Bertz CT molecular complexity index is 410. The minimum atomic E-state index is 0.840. The van der Waals surface area contributed by atoms with Crippen LogP contribution in [0, 0.1) is 0 Å². The molecule has 0 saturated heterocycles. The van der Waals surface area contributed by atoms with Gasteiger partial charge in [-0.3, -0.25) is 4.99 Å².